The molecule has 0 saturated carbocycles. The Bertz CT molecular complexity index is 1850. The Morgan fingerprint density at radius 1 is 1.06 bits per heavy atom. The molecule has 3 aromatic carbocycles. The van der Waals surface area contributed by atoms with Crippen molar-refractivity contribution in [3.63, 3.8) is 0 Å². The number of carbonyl (C=O) groups excluding carboxylic acids is 4. The first kappa shape index (κ1) is 37.4. The van der Waals surface area contributed by atoms with E-state index in [1.165, 1.54) is 4.90 Å². The molecule has 1 unspecified atom stereocenters. The van der Waals surface area contributed by atoms with Crippen LogP contribution in [0.4, 0.5) is 5.69 Å². The van der Waals surface area contributed by atoms with E-state index < -0.39 is 72.2 Å². The third kappa shape index (κ3) is 6.47. The van der Waals surface area contributed by atoms with Crippen LogP contribution >= 0.6 is 15.9 Å². The molecule has 3 amide bonds. The van der Waals surface area contributed by atoms with E-state index in [0.29, 0.717) is 24.1 Å². The number of hydrogen-bond acceptors (Lipinski definition) is 7. The number of ether oxygens (including phenoxy) is 2. The largest absolute Gasteiger partial charge is 0.455 e. The van der Waals surface area contributed by atoms with Crippen LogP contribution in [-0.2, 0) is 28.7 Å². The van der Waals surface area contributed by atoms with Crippen molar-refractivity contribution < 1.29 is 33.8 Å². The molecule has 3 heterocycles. The number of anilines is 1. The van der Waals surface area contributed by atoms with Gasteiger partial charge in [-0.3, -0.25) is 19.2 Å². The number of benzene rings is 3. The summed E-state index contributed by atoms with van der Waals surface area (Å²) in [5.41, 5.74) is -0.0580. The number of likely N-dealkylation sites (tertiary alicyclic amines) is 1. The molecular weight excluding hydrogens is 726 g/mol. The lowest BCUT2D eigenvalue weighted by molar-refractivity contribution is -0.165. The Balaban J connectivity index is 1.37. The molecule has 3 aromatic rings. The average Bonchev–Trinajstić information content (AvgIpc) is 3.76. The van der Waals surface area contributed by atoms with Gasteiger partial charge >= 0.3 is 5.97 Å². The van der Waals surface area contributed by atoms with E-state index in [-0.39, 0.29) is 23.7 Å². The number of halogens is 1. The minimum absolute atomic E-state index is 0.122. The Labute approximate surface area is 313 Å². The molecule has 3 fully saturated rings. The summed E-state index contributed by atoms with van der Waals surface area (Å²) >= 11 is 3.74. The highest BCUT2D eigenvalue weighted by Gasteiger charge is 2.77. The number of likely N-dealkylation sites (N-methyl/N-ethyl adjacent to an activating group) is 1. The van der Waals surface area contributed by atoms with Crippen molar-refractivity contribution in [3.05, 3.63) is 104 Å². The molecule has 0 aromatic heterocycles. The van der Waals surface area contributed by atoms with Gasteiger partial charge in [0, 0.05) is 30.5 Å². The standard InChI is InChI=1S/C41H46BrN3O7/c1-6-8-18-32(47)43(5)26(4)35(28-15-10-9-11-16-28)51-40(50)33-34-38(48)45(25(3)24-46)37(41(34)23-31(42)36(33)52-41)39(49)44(21-7-2)30-20-19-27-14-12-13-17-29(27)22-30/h6-7,9-17,19-20,22,25-26,31,33-37,46H,1-2,8,18,21,23-24H2,3-5H3/t25-,26+,31?,33+,34-,35-,36+,37+,41-/m1/s1. The summed E-state index contributed by atoms with van der Waals surface area (Å²) in [7, 11) is 1.68. The van der Waals surface area contributed by atoms with Crippen molar-refractivity contribution in [2.75, 3.05) is 25.1 Å². The van der Waals surface area contributed by atoms with Gasteiger partial charge in [0.05, 0.1) is 36.6 Å². The van der Waals surface area contributed by atoms with Crippen molar-refractivity contribution >= 4 is 56.1 Å². The summed E-state index contributed by atoms with van der Waals surface area (Å²) in [6.07, 6.45) is 2.77. The Hall–Kier alpha value is -4.32. The zero-order valence-corrected chi connectivity index (χ0v) is 31.4. The summed E-state index contributed by atoms with van der Waals surface area (Å²) in [5, 5.41) is 12.3. The third-order valence-corrected chi connectivity index (χ3v) is 11.8. The minimum atomic E-state index is -1.37. The van der Waals surface area contributed by atoms with E-state index in [4.69, 9.17) is 9.47 Å². The molecule has 52 heavy (non-hydrogen) atoms. The molecule has 9 atom stereocenters. The van der Waals surface area contributed by atoms with E-state index in [1.807, 2.05) is 79.7 Å². The molecule has 11 heteroatoms. The van der Waals surface area contributed by atoms with Crippen molar-refractivity contribution in [2.24, 2.45) is 11.8 Å². The number of alkyl halides is 1. The second-order valence-electron chi connectivity index (χ2n) is 14.1. The SMILES string of the molecule is C=CCCC(=O)N(C)[C@@H](C)[C@@H](OC(=O)[C@@H]1[C@H]2O[C@@]3(CC2Br)[C@H](C(=O)N(CC=C)c2ccc4ccccc4c2)N([C@H](C)CO)C(=O)[C@@H]13)c1ccccc1. The molecule has 0 radical (unpaired) electrons. The van der Waals surface area contributed by atoms with E-state index >= 15 is 0 Å². The fourth-order valence-electron chi connectivity index (χ4n) is 8.25. The van der Waals surface area contributed by atoms with Crippen molar-refractivity contribution in [3.8, 4) is 0 Å². The monoisotopic (exact) mass is 771 g/mol. The minimum Gasteiger partial charge on any atom is -0.455 e. The molecule has 1 spiro atoms. The van der Waals surface area contributed by atoms with Gasteiger partial charge in [-0.1, -0.05) is 88.7 Å². The number of allylic oxidation sites excluding steroid dienone is 1. The van der Waals surface area contributed by atoms with Gasteiger partial charge in [-0.05, 0) is 55.2 Å². The first-order valence-corrected chi connectivity index (χ1v) is 18.7. The van der Waals surface area contributed by atoms with E-state index in [0.717, 1.165) is 10.8 Å². The van der Waals surface area contributed by atoms with Gasteiger partial charge in [0.25, 0.3) is 5.91 Å². The summed E-state index contributed by atoms with van der Waals surface area (Å²) in [5.74, 6) is -3.70. The summed E-state index contributed by atoms with van der Waals surface area (Å²) < 4.78 is 13.1. The van der Waals surface area contributed by atoms with Gasteiger partial charge in [-0.2, -0.15) is 0 Å². The highest BCUT2D eigenvalue weighted by atomic mass is 79.9. The fraction of sp³-hybridized carbons (Fsp3) is 0.415. The predicted octanol–water partition coefficient (Wildman–Crippen LogP) is 5.59. The molecule has 10 nitrogen and oxygen atoms in total. The number of aliphatic hydroxyl groups excluding tert-OH is 1. The Morgan fingerprint density at radius 3 is 2.42 bits per heavy atom. The van der Waals surface area contributed by atoms with Crippen LogP contribution in [0.3, 0.4) is 0 Å². The van der Waals surface area contributed by atoms with Crippen LogP contribution in [-0.4, -0.2) is 93.5 Å². The molecule has 274 valence electrons. The maximum atomic E-state index is 15.0. The first-order valence-electron chi connectivity index (χ1n) is 17.8. The summed E-state index contributed by atoms with van der Waals surface area (Å²) in [4.78, 5) is 61.4. The molecule has 6 rings (SSSR count). The van der Waals surface area contributed by atoms with Gasteiger partial charge in [0.15, 0.2) is 0 Å². The van der Waals surface area contributed by atoms with E-state index in [2.05, 4.69) is 29.1 Å². The lowest BCUT2D eigenvalue weighted by Crippen LogP contribution is -2.58. The van der Waals surface area contributed by atoms with Gasteiger partial charge in [0.1, 0.15) is 17.7 Å². The van der Waals surface area contributed by atoms with Crippen LogP contribution in [0.15, 0.2) is 98.1 Å². The Morgan fingerprint density at radius 2 is 1.75 bits per heavy atom. The van der Waals surface area contributed by atoms with Gasteiger partial charge < -0.3 is 29.3 Å². The third-order valence-electron chi connectivity index (χ3n) is 11.0. The molecule has 2 bridgehead atoms. The first-order chi connectivity index (χ1) is 25.0. The second-order valence-corrected chi connectivity index (χ2v) is 15.2. The maximum Gasteiger partial charge on any atom is 0.313 e. The van der Waals surface area contributed by atoms with Crippen molar-refractivity contribution in [1.29, 1.82) is 0 Å². The number of fused-ring (bicyclic) bond motifs is 2. The number of aliphatic hydroxyl groups is 1. The summed E-state index contributed by atoms with van der Waals surface area (Å²) in [6, 6.07) is 20.3. The van der Waals surface area contributed by atoms with Crippen LogP contribution in [0.1, 0.15) is 44.8 Å². The number of nitrogens with zero attached hydrogens (tertiary/aromatic N) is 3. The average molecular weight is 773 g/mol. The Kier molecular flexibility index (Phi) is 11.0. The molecule has 0 aliphatic carbocycles. The van der Waals surface area contributed by atoms with Crippen molar-refractivity contribution in [1.82, 2.24) is 9.80 Å². The van der Waals surface area contributed by atoms with Crippen LogP contribution < -0.4 is 4.90 Å². The van der Waals surface area contributed by atoms with Gasteiger partial charge in [-0.15, -0.1) is 13.2 Å². The lowest BCUT2D eigenvalue weighted by atomic mass is 9.70. The normalized spacial score (nSPS) is 26.4. The van der Waals surface area contributed by atoms with E-state index in [9.17, 15) is 24.3 Å². The number of carbonyl (C=O) groups is 4. The number of rotatable bonds is 14. The summed E-state index contributed by atoms with van der Waals surface area (Å²) in [6.45, 7) is 10.9. The highest BCUT2D eigenvalue weighted by Crippen LogP contribution is 2.61. The molecule has 3 aliphatic heterocycles. The number of amides is 3. The van der Waals surface area contributed by atoms with Crippen LogP contribution in [0.2, 0.25) is 0 Å². The molecule has 3 saturated heterocycles. The lowest BCUT2D eigenvalue weighted by Gasteiger charge is -2.38. The zero-order valence-electron chi connectivity index (χ0n) is 29.8. The maximum absolute atomic E-state index is 15.0. The van der Waals surface area contributed by atoms with Crippen molar-refractivity contribution in [2.45, 2.75) is 73.9 Å². The van der Waals surface area contributed by atoms with E-state index in [1.54, 1.807) is 35.9 Å². The smallest absolute Gasteiger partial charge is 0.313 e. The zero-order chi connectivity index (χ0) is 37.3. The topological polar surface area (TPSA) is 117 Å². The number of hydrogen-bond donors (Lipinski definition) is 1. The fourth-order valence-corrected chi connectivity index (χ4v) is 9.19. The van der Waals surface area contributed by atoms with Crippen LogP contribution in [0, 0.1) is 11.8 Å². The molecule has 3 aliphatic rings. The number of esters is 1. The predicted molar refractivity (Wildman–Crippen MR) is 203 cm³/mol. The van der Waals surface area contributed by atoms with Crippen LogP contribution in [0.25, 0.3) is 10.8 Å². The highest BCUT2D eigenvalue weighted by molar-refractivity contribution is 9.09. The second kappa shape index (κ2) is 15.3. The van der Waals surface area contributed by atoms with Gasteiger partial charge in [0.2, 0.25) is 11.8 Å². The molecular formula is C41H46BrN3O7. The molecule has 1 N–H and O–H groups in total. The van der Waals surface area contributed by atoms with Gasteiger partial charge in [-0.25, -0.2) is 0 Å². The van der Waals surface area contributed by atoms with Crippen LogP contribution in [0.5, 0.6) is 0 Å². The quantitative estimate of drug-likeness (QED) is 0.129.